The first-order valence-corrected chi connectivity index (χ1v) is 8.04. The van der Waals surface area contributed by atoms with Crippen LogP contribution in [0.1, 0.15) is 45.4 Å². The molecule has 2 saturated heterocycles. The van der Waals surface area contributed by atoms with Gasteiger partial charge in [0.25, 0.3) is 0 Å². The fraction of sp³-hybridized carbons (Fsp3) is 0.933. The minimum Gasteiger partial charge on any atom is -0.465 e. The van der Waals surface area contributed by atoms with Gasteiger partial charge in [-0.05, 0) is 38.6 Å². The van der Waals surface area contributed by atoms with E-state index in [1.165, 1.54) is 24.3 Å². The standard InChI is InChI=1S/C15H28N2O3/c1-2-3-8-16-9-4-13(5-10-16)20-14-6-11-17(12-7-14)15(18)19/h13-14H,2-12H2,1H3,(H,18,19). The molecule has 0 aromatic rings. The van der Waals surface area contributed by atoms with Gasteiger partial charge in [-0.1, -0.05) is 13.3 Å². The van der Waals surface area contributed by atoms with Gasteiger partial charge in [0, 0.05) is 26.2 Å². The molecule has 2 fully saturated rings. The lowest BCUT2D eigenvalue weighted by Crippen LogP contribution is -2.43. The van der Waals surface area contributed by atoms with Gasteiger partial charge in [-0.25, -0.2) is 4.79 Å². The summed E-state index contributed by atoms with van der Waals surface area (Å²) in [5.41, 5.74) is 0. The zero-order valence-electron chi connectivity index (χ0n) is 12.6. The summed E-state index contributed by atoms with van der Waals surface area (Å²) in [4.78, 5) is 14.9. The van der Waals surface area contributed by atoms with Crippen LogP contribution in [0.4, 0.5) is 4.79 Å². The van der Waals surface area contributed by atoms with E-state index in [9.17, 15) is 4.79 Å². The lowest BCUT2D eigenvalue weighted by atomic mass is 10.0. The molecule has 2 heterocycles. The Kier molecular flexibility index (Phi) is 6.10. The summed E-state index contributed by atoms with van der Waals surface area (Å²) in [5.74, 6) is 0. The van der Waals surface area contributed by atoms with E-state index in [1.807, 2.05) is 0 Å². The summed E-state index contributed by atoms with van der Waals surface area (Å²) in [5, 5.41) is 8.93. The van der Waals surface area contributed by atoms with Crippen LogP contribution in [0.3, 0.4) is 0 Å². The highest BCUT2D eigenvalue weighted by Crippen LogP contribution is 2.21. The van der Waals surface area contributed by atoms with E-state index in [0.717, 1.165) is 38.8 Å². The summed E-state index contributed by atoms with van der Waals surface area (Å²) in [6, 6.07) is 0. The van der Waals surface area contributed by atoms with E-state index in [-0.39, 0.29) is 6.10 Å². The summed E-state index contributed by atoms with van der Waals surface area (Å²) < 4.78 is 6.17. The molecular formula is C15H28N2O3. The third kappa shape index (κ3) is 4.63. The topological polar surface area (TPSA) is 53.0 Å². The Morgan fingerprint density at radius 1 is 1.10 bits per heavy atom. The summed E-state index contributed by atoms with van der Waals surface area (Å²) in [7, 11) is 0. The summed E-state index contributed by atoms with van der Waals surface area (Å²) in [6.07, 6.45) is 6.36. The third-order valence-electron chi connectivity index (χ3n) is 4.46. The zero-order chi connectivity index (χ0) is 14.4. The number of ether oxygens (including phenoxy) is 1. The fourth-order valence-corrected chi connectivity index (χ4v) is 3.11. The lowest BCUT2D eigenvalue weighted by Gasteiger charge is -2.36. The molecule has 0 aromatic carbocycles. The van der Waals surface area contributed by atoms with E-state index >= 15 is 0 Å². The molecular weight excluding hydrogens is 256 g/mol. The molecule has 0 aliphatic carbocycles. The quantitative estimate of drug-likeness (QED) is 0.842. The van der Waals surface area contributed by atoms with Gasteiger partial charge in [0.2, 0.25) is 0 Å². The van der Waals surface area contributed by atoms with Crippen LogP contribution in [0, 0.1) is 0 Å². The van der Waals surface area contributed by atoms with Crippen molar-refractivity contribution >= 4 is 6.09 Å². The minimum atomic E-state index is -0.798. The molecule has 5 heteroatoms. The number of unbranched alkanes of at least 4 members (excludes halogenated alkanes) is 1. The fourth-order valence-electron chi connectivity index (χ4n) is 3.11. The van der Waals surface area contributed by atoms with Crippen LogP contribution in [0.15, 0.2) is 0 Å². The SMILES string of the molecule is CCCCN1CCC(OC2CCN(C(=O)O)CC2)CC1. The molecule has 0 radical (unpaired) electrons. The highest BCUT2D eigenvalue weighted by molar-refractivity contribution is 5.64. The molecule has 0 bridgehead atoms. The minimum absolute atomic E-state index is 0.262. The zero-order valence-corrected chi connectivity index (χ0v) is 12.6. The third-order valence-corrected chi connectivity index (χ3v) is 4.46. The van der Waals surface area contributed by atoms with E-state index in [0.29, 0.717) is 19.2 Å². The molecule has 116 valence electrons. The second-order valence-electron chi connectivity index (χ2n) is 6.00. The predicted octanol–water partition coefficient (Wildman–Crippen LogP) is 2.41. The van der Waals surface area contributed by atoms with E-state index in [1.54, 1.807) is 0 Å². The van der Waals surface area contributed by atoms with Crippen LogP contribution >= 0.6 is 0 Å². The van der Waals surface area contributed by atoms with Crippen molar-refractivity contribution in [1.29, 1.82) is 0 Å². The van der Waals surface area contributed by atoms with Crippen LogP contribution in [0.25, 0.3) is 0 Å². The van der Waals surface area contributed by atoms with Gasteiger partial charge in [-0.15, -0.1) is 0 Å². The maximum atomic E-state index is 10.9. The van der Waals surface area contributed by atoms with Crippen molar-refractivity contribution < 1.29 is 14.6 Å². The second kappa shape index (κ2) is 7.84. The van der Waals surface area contributed by atoms with E-state index in [4.69, 9.17) is 9.84 Å². The van der Waals surface area contributed by atoms with Crippen LogP contribution in [0.5, 0.6) is 0 Å². The van der Waals surface area contributed by atoms with Crippen molar-refractivity contribution in [3.8, 4) is 0 Å². The smallest absolute Gasteiger partial charge is 0.407 e. The Labute approximate surface area is 121 Å². The van der Waals surface area contributed by atoms with Crippen molar-refractivity contribution in [1.82, 2.24) is 9.80 Å². The Hall–Kier alpha value is -0.810. The van der Waals surface area contributed by atoms with Gasteiger partial charge >= 0.3 is 6.09 Å². The van der Waals surface area contributed by atoms with Gasteiger partial charge < -0.3 is 19.6 Å². The van der Waals surface area contributed by atoms with Gasteiger partial charge in [-0.3, -0.25) is 0 Å². The first-order chi connectivity index (χ1) is 9.69. The molecule has 1 amide bonds. The van der Waals surface area contributed by atoms with Crippen molar-refractivity contribution in [3.63, 3.8) is 0 Å². The number of nitrogens with zero attached hydrogens (tertiary/aromatic N) is 2. The highest BCUT2D eigenvalue weighted by atomic mass is 16.5. The maximum absolute atomic E-state index is 10.9. The van der Waals surface area contributed by atoms with Gasteiger partial charge in [-0.2, -0.15) is 0 Å². The van der Waals surface area contributed by atoms with Crippen molar-refractivity contribution in [2.24, 2.45) is 0 Å². The molecule has 0 unspecified atom stereocenters. The average Bonchev–Trinajstić information content (AvgIpc) is 2.47. The normalized spacial score (nSPS) is 23.1. The van der Waals surface area contributed by atoms with Gasteiger partial charge in [0.1, 0.15) is 0 Å². The Morgan fingerprint density at radius 2 is 1.65 bits per heavy atom. The maximum Gasteiger partial charge on any atom is 0.407 e. The lowest BCUT2D eigenvalue weighted by molar-refractivity contribution is -0.0626. The Morgan fingerprint density at radius 3 is 2.15 bits per heavy atom. The number of rotatable bonds is 5. The van der Waals surface area contributed by atoms with E-state index in [2.05, 4.69) is 11.8 Å². The van der Waals surface area contributed by atoms with Crippen LogP contribution < -0.4 is 0 Å². The number of likely N-dealkylation sites (tertiary alicyclic amines) is 2. The average molecular weight is 284 g/mol. The molecule has 0 spiro atoms. The molecule has 20 heavy (non-hydrogen) atoms. The van der Waals surface area contributed by atoms with Gasteiger partial charge in [0.05, 0.1) is 12.2 Å². The van der Waals surface area contributed by atoms with Crippen LogP contribution in [0.2, 0.25) is 0 Å². The number of amides is 1. The predicted molar refractivity (Wildman–Crippen MR) is 78.1 cm³/mol. The Balaban J connectivity index is 1.63. The molecule has 5 nitrogen and oxygen atoms in total. The summed E-state index contributed by atoms with van der Waals surface area (Å²) in [6.45, 7) is 7.00. The number of hydrogen-bond donors (Lipinski definition) is 1. The molecule has 2 aliphatic heterocycles. The molecule has 1 N–H and O–H groups in total. The first kappa shape index (κ1) is 15.6. The second-order valence-corrected chi connectivity index (χ2v) is 6.00. The monoisotopic (exact) mass is 284 g/mol. The molecule has 0 atom stereocenters. The largest absolute Gasteiger partial charge is 0.465 e. The molecule has 2 aliphatic rings. The van der Waals surface area contributed by atoms with E-state index < -0.39 is 6.09 Å². The molecule has 0 aromatic heterocycles. The first-order valence-electron chi connectivity index (χ1n) is 8.04. The van der Waals surface area contributed by atoms with Crippen LogP contribution in [-0.2, 0) is 4.74 Å². The number of carboxylic acid groups (broad SMARTS) is 1. The van der Waals surface area contributed by atoms with Crippen molar-refractivity contribution in [3.05, 3.63) is 0 Å². The number of hydrogen-bond acceptors (Lipinski definition) is 3. The number of carbonyl (C=O) groups is 1. The van der Waals surface area contributed by atoms with Gasteiger partial charge in [0.15, 0.2) is 0 Å². The van der Waals surface area contributed by atoms with Crippen molar-refractivity contribution in [2.45, 2.75) is 57.7 Å². The Bertz CT molecular complexity index is 295. The summed E-state index contributed by atoms with van der Waals surface area (Å²) >= 11 is 0. The highest BCUT2D eigenvalue weighted by Gasteiger charge is 2.27. The van der Waals surface area contributed by atoms with Crippen molar-refractivity contribution in [2.75, 3.05) is 32.7 Å². The molecule has 0 saturated carbocycles. The molecule has 2 rings (SSSR count). The van der Waals surface area contributed by atoms with Crippen LogP contribution in [-0.4, -0.2) is 65.9 Å². The number of piperidine rings is 2.